The van der Waals surface area contributed by atoms with E-state index in [1.165, 1.54) is 0 Å². The highest BCUT2D eigenvalue weighted by Crippen LogP contribution is 2.17. The highest BCUT2D eigenvalue weighted by molar-refractivity contribution is 5.94. The predicted molar refractivity (Wildman–Crippen MR) is 87.2 cm³/mol. The number of rotatable bonds is 9. The minimum atomic E-state index is -0.466. The first-order chi connectivity index (χ1) is 9.67. The summed E-state index contributed by atoms with van der Waals surface area (Å²) in [4.78, 5) is 11.8. The quantitative estimate of drug-likeness (QED) is 0.687. The van der Waals surface area contributed by atoms with Crippen LogP contribution >= 0.6 is 12.4 Å². The maximum atomic E-state index is 11.8. The number of carbonyl (C=O) groups is 1. The Morgan fingerprint density at radius 1 is 1.38 bits per heavy atom. The molecule has 0 spiro atoms. The van der Waals surface area contributed by atoms with Gasteiger partial charge < -0.3 is 20.5 Å². The monoisotopic (exact) mass is 316 g/mol. The van der Waals surface area contributed by atoms with Gasteiger partial charge >= 0.3 is 0 Å². The van der Waals surface area contributed by atoms with Gasteiger partial charge in [-0.3, -0.25) is 4.79 Å². The Kier molecular flexibility index (Phi) is 10.7. The molecule has 6 heteroatoms. The molecule has 0 heterocycles. The number of carbonyl (C=O) groups excluding carboxylic acids is 1. The summed E-state index contributed by atoms with van der Waals surface area (Å²) < 4.78 is 10.5. The third-order valence-corrected chi connectivity index (χ3v) is 2.80. The van der Waals surface area contributed by atoms with Crippen molar-refractivity contribution in [3.05, 3.63) is 24.3 Å². The van der Waals surface area contributed by atoms with Crippen molar-refractivity contribution >= 4 is 24.0 Å². The Balaban J connectivity index is 0.00000400. The lowest BCUT2D eigenvalue weighted by Gasteiger charge is -2.12. The molecule has 0 aliphatic rings. The van der Waals surface area contributed by atoms with E-state index in [9.17, 15) is 4.79 Å². The van der Waals surface area contributed by atoms with Crippen molar-refractivity contribution < 1.29 is 14.3 Å². The van der Waals surface area contributed by atoms with Crippen LogP contribution in [0.1, 0.15) is 26.2 Å². The molecule has 0 aromatic heterocycles. The second-order valence-corrected chi connectivity index (χ2v) is 4.61. The fraction of sp³-hybridized carbons (Fsp3) is 0.533. The Labute approximate surface area is 132 Å². The molecule has 5 nitrogen and oxygen atoms in total. The van der Waals surface area contributed by atoms with Gasteiger partial charge in [-0.05, 0) is 18.6 Å². The van der Waals surface area contributed by atoms with Crippen molar-refractivity contribution in [2.75, 3.05) is 25.6 Å². The molecule has 1 aromatic rings. The third kappa shape index (κ3) is 7.90. The van der Waals surface area contributed by atoms with Gasteiger partial charge in [0.05, 0.1) is 12.6 Å². The van der Waals surface area contributed by atoms with Crippen molar-refractivity contribution in [2.24, 2.45) is 5.73 Å². The van der Waals surface area contributed by atoms with Gasteiger partial charge in [0.1, 0.15) is 5.75 Å². The zero-order chi connectivity index (χ0) is 14.8. The van der Waals surface area contributed by atoms with Crippen molar-refractivity contribution in [1.82, 2.24) is 0 Å². The Hall–Kier alpha value is -1.30. The van der Waals surface area contributed by atoms with Gasteiger partial charge in [0.2, 0.25) is 5.91 Å². The first-order valence-corrected chi connectivity index (χ1v) is 6.95. The van der Waals surface area contributed by atoms with Gasteiger partial charge in [0.25, 0.3) is 0 Å². The van der Waals surface area contributed by atoms with Crippen molar-refractivity contribution in [3.63, 3.8) is 0 Å². The number of nitrogens with one attached hydrogen (secondary N) is 1. The lowest BCUT2D eigenvalue weighted by molar-refractivity contribution is -0.117. The van der Waals surface area contributed by atoms with E-state index in [2.05, 4.69) is 5.32 Å². The summed E-state index contributed by atoms with van der Waals surface area (Å²) in [5.41, 5.74) is 6.47. The van der Waals surface area contributed by atoms with Crippen LogP contribution < -0.4 is 15.8 Å². The smallest absolute Gasteiger partial charge is 0.241 e. The molecule has 0 fully saturated rings. The van der Waals surface area contributed by atoms with E-state index in [4.69, 9.17) is 15.2 Å². The molecule has 1 amide bonds. The number of ether oxygens (including phenoxy) is 2. The second kappa shape index (κ2) is 11.4. The normalized spacial score (nSPS) is 11.4. The number of hydrogen-bond acceptors (Lipinski definition) is 4. The molecule has 0 saturated heterocycles. The number of benzene rings is 1. The molecule has 1 unspecified atom stereocenters. The summed E-state index contributed by atoms with van der Waals surface area (Å²) in [5, 5.41) is 2.80. The maximum absolute atomic E-state index is 11.8. The molecule has 0 bridgehead atoms. The largest absolute Gasteiger partial charge is 0.493 e. The SMILES string of the molecule is CCCC(N)C(=O)Nc1cccc(OCCCOC)c1.Cl. The Morgan fingerprint density at radius 2 is 2.14 bits per heavy atom. The number of halogens is 1. The van der Waals surface area contributed by atoms with E-state index in [1.807, 2.05) is 25.1 Å². The maximum Gasteiger partial charge on any atom is 0.241 e. The first-order valence-electron chi connectivity index (χ1n) is 6.95. The fourth-order valence-corrected chi connectivity index (χ4v) is 1.73. The average Bonchev–Trinajstić information content (AvgIpc) is 2.44. The topological polar surface area (TPSA) is 73.6 Å². The van der Waals surface area contributed by atoms with Crippen LogP contribution in [0, 0.1) is 0 Å². The third-order valence-electron chi connectivity index (χ3n) is 2.80. The summed E-state index contributed by atoms with van der Waals surface area (Å²) in [5.74, 6) is 0.561. The number of anilines is 1. The predicted octanol–water partition coefficient (Wildman–Crippen LogP) is 2.59. The van der Waals surface area contributed by atoms with Gasteiger partial charge in [0.15, 0.2) is 0 Å². The minimum Gasteiger partial charge on any atom is -0.493 e. The van der Waals surface area contributed by atoms with Crippen molar-refractivity contribution in [3.8, 4) is 5.75 Å². The van der Waals surface area contributed by atoms with Gasteiger partial charge in [0, 0.05) is 31.9 Å². The van der Waals surface area contributed by atoms with E-state index in [-0.39, 0.29) is 18.3 Å². The Morgan fingerprint density at radius 3 is 2.81 bits per heavy atom. The second-order valence-electron chi connectivity index (χ2n) is 4.61. The van der Waals surface area contributed by atoms with Crippen LogP contribution in [0.25, 0.3) is 0 Å². The summed E-state index contributed by atoms with van der Waals surface area (Å²) in [6.45, 7) is 3.25. The van der Waals surface area contributed by atoms with Gasteiger partial charge in [-0.25, -0.2) is 0 Å². The molecular formula is C15H25ClN2O3. The fourth-order valence-electron chi connectivity index (χ4n) is 1.73. The van der Waals surface area contributed by atoms with Crippen LogP contribution in [0.15, 0.2) is 24.3 Å². The standard InChI is InChI=1S/C15H24N2O3.ClH/c1-3-6-14(16)15(18)17-12-7-4-8-13(11-12)20-10-5-9-19-2;/h4,7-8,11,14H,3,5-6,9-10,16H2,1-2H3,(H,17,18);1H. The van der Waals surface area contributed by atoms with Crippen molar-refractivity contribution in [1.29, 1.82) is 0 Å². The lowest BCUT2D eigenvalue weighted by atomic mass is 10.1. The number of methoxy groups -OCH3 is 1. The Bertz CT molecular complexity index is 416. The molecule has 1 atom stereocenters. The highest BCUT2D eigenvalue weighted by atomic mass is 35.5. The van der Waals surface area contributed by atoms with Crippen LogP contribution in [-0.4, -0.2) is 32.3 Å². The van der Waals surface area contributed by atoms with E-state index in [0.717, 1.165) is 18.6 Å². The van der Waals surface area contributed by atoms with E-state index >= 15 is 0 Å². The average molecular weight is 317 g/mol. The van der Waals surface area contributed by atoms with E-state index < -0.39 is 6.04 Å². The first kappa shape index (κ1) is 19.7. The summed E-state index contributed by atoms with van der Waals surface area (Å²) in [6.07, 6.45) is 2.39. The van der Waals surface area contributed by atoms with Crippen LogP contribution in [0.5, 0.6) is 5.75 Å². The van der Waals surface area contributed by atoms with Crippen LogP contribution in [0.3, 0.4) is 0 Å². The molecule has 120 valence electrons. The molecular weight excluding hydrogens is 292 g/mol. The summed E-state index contributed by atoms with van der Waals surface area (Å²) in [7, 11) is 1.66. The molecule has 21 heavy (non-hydrogen) atoms. The van der Waals surface area contributed by atoms with Gasteiger partial charge in [-0.2, -0.15) is 0 Å². The number of amides is 1. The summed E-state index contributed by atoms with van der Waals surface area (Å²) >= 11 is 0. The van der Waals surface area contributed by atoms with Crippen LogP contribution in [-0.2, 0) is 9.53 Å². The van der Waals surface area contributed by atoms with Crippen LogP contribution in [0.2, 0.25) is 0 Å². The molecule has 0 aliphatic heterocycles. The van der Waals surface area contributed by atoms with E-state index in [0.29, 0.717) is 25.3 Å². The number of hydrogen-bond donors (Lipinski definition) is 2. The van der Waals surface area contributed by atoms with E-state index in [1.54, 1.807) is 13.2 Å². The zero-order valence-corrected chi connectivity index (χ0v) is 13.4. The highest BCUT2D eigenvalue weighted by Gasteiger charge is 2.12. The molecule has 0 radical (unpaired) electrons. The van der Waals surface area contributed by atoms with Gasteiger partial charge in [-0.1, -0.05) is 19.4 Å². The summed E-state index contributed by atoms with van der Waals surface area (Å²) in [6, 6.07) is 6.84. The molecule has 0 saturated carbocycles. The number of nitrogens with two attached hydrogens (primary N) is 1. The molecule has 3 N–H and O–H groups in total. The minimum absolute atomic E-state index is 0. The molecule has 1 aromatic carbocycles. The van der Waals surface area contributed by atoms with Crippen LogP contribution in [0.4, 0.5) is 5.69 Å². The lowest BCUT2D eigenvalue weighted by Crippen LogP contribution is -2.35. The van der Waals surface area contributed by atoms with Gasteiger partial charge in [-0.15, -0.1) is 12.4 Å². The molecule has 0 aliphatic carbocycles. The zero-order valence-electron chi connectivity index (χ0n) is 12.6. The van der Waals surface area contributed by atoms with Crippen molar-refractivity contribution in [2.45, 2.75) is 32.2 Å². The molecule has 1 rings (SSSR count).